The molecule has 3 N–H and O–H groups in total. The van der Waals surface area contributed by atoms with E-state index in [0.717, 1.165) is 34.4 Å². The van der Waals surface area contributed by atoms with Crippen LogP contribution in [0.1, 0.15) is 12.0 Å². The van der Waals surface area contributed by atoms with Crippen LogP contribution in [-0.4, -0.2) is 74.0 Å². The molecule has 0 unspecified atom stereocenters. The van der Waals surface area contributed by atoms with Crippen molar-refractivity contribution in [3.8, 4) is 5.75 Å². The van der Waals surface area contributed by atoms with E-state index < -0.39 is 46.7 Å². The van der Waals surface area contributed by atoms with E-state index in [1.165, 1.54) is 23.9 Å². The predicted molar refractivity (Wildman–Crippen MR) is 186 cm³/mol. The van der Waals surface area contributed by atoms with Crippen molar-refractivity contribution >= 4 is 82.0 Å². The van der Waals surface area contributed by atoms with Crippen LogP contribution in [0.3, 0.4) is 0 Å². The van der Waals surface area contributed by atoms with Crippen LogP contribution in [0.15, 0.2) is 88.7 Å². The zero-order valence-electron chi connectivity index (χ0n) is 26.4. The van der Waals surface area contributed by atoms with E-state index >= 15 is 0 Å². The molecule has 12 nitrogen and oxygen atoms in total. The standard InChI is InChI=1S/C34H28Cl2FN5O7S2/c35-21-1-3-23(36)26(12-21)50-17-28(45)39-29-32(47)42-30(34(48)49)20(16-51-33(29)42)11-19-7-10-41(31(19)46)14-18-5-8-40(9-6-18)15-27(44)38-22-2-4-25(43)24(37)13-22/h1-6,8-9,11-13,29,33H,7,10,14-17H2,(H3-,38,39,43,44,45,48,49)/b19-11+/t29-,33-/m1/s1. The van der Waals surface area contributed by atoms with E-state index in [9.17, 15) is 38.6 Å². The van der Waals surface area contributed by atoms with Gasteiger partial charge >= 0.3 is 0 Å². The van der Waals surface area contributed by atoms with Gasteiger partial charge in [-0.05, 0) is 54.0 Å². The number of aromatic nitrogens is 1. The van der Waals surface area contributed by atoms with Crippen molar-refractivity contribution in [1.82, 2.24) is 15.1 Å². The minimum atomic E-state index is -1.56. The van der Waals surface area contributed by atoms with E-state index in [0.29, 0.717) is 33.5 Å². The molecule has 0 spiro atoms. The van der Waals surface area contributed by atoms with Crippen molar-refractivity contribution in [3.05, 3.63) is 105 Å². The number of nitrogens with zero attached hydrogens (tertiary/aromatic N) is 3. The molecule has 1 aromatic heterocycles. The molecule has 3 aliphatic rings. The van der Waals surface area contributed by atoms with E-state index in [4.69, 9.17) is 23.2 Å². The Bertz CT molecular complexity index is 2010. The van der Waals surface area contributed by atoms with Gasteiger partial charge in [0.1, 0.15) is 11.4 Å². The second-order valence-corrected chi connectivity index (χ2v) is 14.7. The maximum absolute atomic E-state index is 13.6. The van der Waals surface area contributed by atoms with Gasteiger partial charge in [-0.1, -0.05) is 23.2 Å². The van der Waals surface area contributed by atoms with Crippen LogP contribution >= 0.6 is 46.7 Å². The van der Waals surface area contributed by atoms with Crippen LogP contribution in [0.2, 0.25) is 10.0 Å². The summed E-state index contributed by atoms with van der Waals surface area (Å²) in [4.78, 5) is 67.0. The Morgan fingerprint density at radius 3 is 2.59 bits per heavy atom. The number of rotatable bonds is 11. The molecule has 2 fully saturated rings. The number of phenols is 1. The highest BCUT2D eigenvalue weighted by molar-refractivity contribution is 8.00. The van der Waals surface area contributed by atoms with Gasteiger partial charge in [0.15, 0.2) is 24.0 Å². The van der Waals surface area contributed by atoms with E-state index in [-0.39, 0.29) is 47.5 Å². The number of carbonyl (C=O) groups excluding carboxylic acids is 5. The first-order valence-corrected chi connectivity index (χ1v) is 18.2. The van der Waals surface area contributed by atoms with Gasteiger partial charge in [-0.2, -0.15) is 4.57 Å². The fourth-order valence-electron chi connectivity index (χ4n) is 5.72. The summed E-state index contributed by atoms with van der Waals surface area (Å²) in [5.41, 5.74) is 1.35. The lowest BCUT2D eigenvalue weighted by Gasteiger charge is -2.50. The summed E-state index contributed by atoms with van der Waals surface area (Å²) >= 11 is 14.6. The largest absolute Gasteiger partial charge is 0.543 e. The summed E-state index contributed by atoms with van der Waals surface area (Å²) in [6.07, 6.45) is 5.22. The third-order valence-corrected chi connectivity index (χ3v) is 11.2. The molecule has 51 heavy (non-hydrogen) atoms. The maximum Gasteiger partial charge on any atom is 0.290 e. The highest BCUT2D eigenvalue weighted by Gasteiger charge is 2.52. The average molecular weight is 773 g/mol. The van der Waals surface area contributed by atoms with Crippen molar-refractivity contribution < 1.29 is 43.1 Å². The lowest BCUT2D eigenvalue weighted by atomic mass is 10.0. The fraction of sp³-hybridized carbons (Fsp3) is 0.235. The number of amides is 4. The summed E-state index contributed by atoms with van der Waals surface area (Å²) < 4.78 is 15.2. The van der Waals surface area contributed by atoms with Gasteiger partial charge < -0.3 is 30.5 Å². The number of pyridine rings is 1. The normalized spacial score (nSPS) is 19.2. The number of phenolic OH excluding ortho intramolecular Hbond substituents is 1. The Hall–Kier alpha value is -4.57. The van der Waals surface area contributed by atoms with Crippen molar-refractivity contribution in [2.75, 3.05) is 23.4 Å². The zero-order valence-corrected chi connectivity index (χ0v) is 29.6. The van der Waals surface area contributed by atoms with Crippen molar-refractivity contribution in [2.24, 2.45) is 0 Å². The fourth-order valence-corrected chi connectivity index (χ4v) is 8.33. The number of nitrogens with one attached hydrogen (secondary N) is 2. The van der Waals surface area contributed by atoms with Gasteiger partial charge in [0.2, 0.25) is 18.4 Å². The lowest BCUT2D eigenvalue weighted by Crippen LogP contribution is -2.71. The number of carboxylic acid groups (broad SMARTS) is 1. The lowest BCUT2D eigenvalue weighted by molar-refractivity contribution is -0.684. The van der Waals surface area contributed by atoms with Crippen molar-refractivity contribution in [1.29, 1.82) is 0 Å². The molecule has 0 saturated carbocycles. The number of benzene rings is 2. The second-order valence-electron chi connectivity index (χ2n) is 11.7. The number of carboxylic acids is 1. The second kappa shape index (κ2) is 15.4. The number of anilines is 1. The number of thioether (sulfide) groups is 2. The van der Waals surface area contributed by atoms with Gasteiger partial charge in [-0.3, -0.25) is 24.1 Å². The third-order valence-electron chi connectivity index (χ3n) is 8.21. The first-order chi connectivity index (χ1) is 24.4. The Morgan fingerprint density at radius 1 is 1.10 bits per heavy atom. The molecule has 4 amide bonds. The molecular weight excluding hydrogens is 744 g/mol. The van der Waals surface area contributed by atoms with E-state index in [1.54, 1.807) is 52.2 Å². The number of likely N-dealkylation sites (tertiary alicyclic amines) is 1. The van der Waals surface area contributed by atoms with Crippen molar-refractivity contribution in [3.63, 3.8) is 0 Å². The number of fused-ring (bicyclic) bond motifs is 1. The average Bonchev–Trinajstić information content (AvgIpc) is 3.43. The minimum absolute atomic E-state index is 0.0359. The number of carbonyl (C=O) groups is 5. The Kier molecular flexibility index (Phi) is 10.9. The molecule has 2 aromatic carbocycles. The molecule has 0 bridgehead atoms. The quantitative estimate of drug-likeness (QED) is 0.0875. The molecule has 6 rings (SSSR count). The third kappa shape index (κ3) is 8.17. The topological polar surface area (TPSA) is 163 Å². The van der Waals surface area contributed by atoms with E-state index in [2.05, 4.69) is 10.6 Å². The molecular formula is C34H28Cl2FN5O7S2. The Labute approximate surface area is 309 Å². The number of β-lactam (4-membered cyclic amide) rings is 1. The van der Waals surface area contributed by atoms with Crippen LogP contribution in [0.5, 0.6) is 5.75 Å². The van der Waals surface area contributed by atoms with E-state index in [1.807, 2.05) is 0 Å². The molecule has 0 aliphatic carbocycles. The van der Waals surface area contributed by atoms with Gasteiger partial charge in [0.05, 0.1) is 22.4 Å². The van der Waals surface area contributed by atoms with Gasteiger partial charge in [0, 0.05) is 58.2 Å². The van der Waals surface area contributed by atoms with Gasteiger partial charge in [-0.15, -0.1) is 23.5 Å². The number of halogens is 3. The molecule has 17 heteroatoms. The SMILES string of the molecule is O=C(C[n+]1ccc(CN2CC/C(=C\C3=C(C(=O)[O-])N4C(=O)[C@@H](NC(=O)CSc5cc(Cl)ccc5Cl)[C@H]4SC3)C2=O)cc1)Nc1ccc(O)c(F)c1. The summed E-state index contributed by atoms with van der Waals surface area (Å²) in [6.45, 7) is 0.606. The number of hydrogen-bond acceptors (Lipinski definition) is 9. The summed E-state index contributed by atoms with van der Waals surface area (Å²) in [6, 6.07) is 11.0. The van der Waals surface area contributed by atoms with Gasteiger partial charge in [-0.25, -0.2) is 4.39 Å². The monoisotopic (exact) mass is 771 g/mol. The van der Waals surface area contributed by atoms with Crippen LogP contribution in [0.4, 0.5) is 10.1 Å². The van der Waals surface area contributed by atoms with Crippen LogP contribution in [-0.2, 0) is 37.1 Å². The number of allylic oxidation sites excluding steroid dienone is 1. The van der Waals surface area contributed by atoms with Gasteiger partial charge in [0.25, 0.3) is 11.8 Å². The van der Waals surface area contributed by atoms with Crippen LogP contribution in [0, 0.1) is 5.82 Å². The number of hydrogen-bond donors (Lipinski definition) is 3. The summed E-state index contributed by atoms with van der Waals surface area (Å²) in [7, 11) is 0. The molecule has 2 atom stereocenters. The number of aromatic hydroxyl groups is 1. The molecule has 264 valence electrons. The summed E-state index contributed by atoms with van der Waals surface area (Å²) in [5.74, 6) is -4.48. The molecule has 3 aromatic rings. The highest BCUT2D eigenvalue weighted by Crippen LogP contribution is 2.41. The molecule has 3 aliphatic heterocycles. The molecule has 2 saturated heterocycles. The minimum Gasteiger partial charge on any atom is -0.543 e. The Morgan fingerprint density at radius 2 is 1.86 bits per heavy atom. The smallest absolute Gasteiger partial charge is 0.290 e. The zero-order chi connectivity index (χ0) is 36.4. The number of aliphatic carboxylic acids is 1. The Balaban J connectivity index is 1.04. The summed E-state index contributed by atoms with van der Waals surface area (Å²) in [5, 5.41) is 27.1. The first-order valence-electron chi connectivity index (χ1n) is 15.4. The van der Waals surface area contributed by atoms with Crippen LogP contribution < -0.4 is 20.3 Å². The van der Waals surface area contributed by atoms with Crippen LogP contribution in [0.25, 0.3) is 0 Å². The van der Waals surface area contributed by atoms with Crippen molar-refractivity contribution in [2.45, 2.75) is 35.8 Å². The first kappa shape index (κ1) is 36.2. The highest BCUT2D eigenvalue weighted by atomic mass is 35.5. The molecule has 4 heterocycles. The molecule has 0 radical (unpaired) electrons. The maximum atomic E-state index is 13.6. The predicted octanol–water partition coefficient (Wildman–Crippen LogP) is 2.62.